The molecule has 1 saturated heterocycles. The quantitative estimate of drug-likeness (QED) is 0.356. The molecule has 19 heavy (non-hydrogen) atoms. The van der Waals surface area contributed by atoms with E-state index in [4.69, 9.17) is 4.74 Å². The maximum atomic E-state index is 11.2. The second-order valence-electron chi connectivity index (χ2n) is 4.14. The summed E-state index contributed by atoms with van der Waals surface area (Å²) in [5, 5.41) is 10.9. The van der Waals surface area contributed by atoms with Crippen LogP contribution in [0.25, 0.3) is 0 Å². The zero-order chi connectivity index (χ0) is 14.0. The molecule has 0 unspecified atom stereocenters. The van der Waals surface area contributed by atoms with Gasteiger partial charge in [0.15, 0.2) is 5.75 Å². The molecule has 0 atom stereocenters. The molecule has 1 aliphatic rings. The summed E-state index contributed by atoms with van der Waals surface area (Å²) in [7, 11) is 1.34. The van der Waals surface area contributed by atoms with E-state index in [9.17, 15) is 19.7 Å². The topological polar surface area (TPSA) is 95.7 Å². The molecule has 0 saturated carbocycles. The summed E-state index contributed by atoms with van der Waals surface area (Å²) < 4.78 is 9.32. The number of esters is 2. The fourth-order valence-corrected chi connectivity index (χ4v) is 2.02. The van der Waals surface area contributed by atoms with Crippen molar-refractivity contribution in [2.75, 3.05) is 7.11 Å². The lowest BCUT2D eigenvalue weighted by Gasteiger charge is -2.20. The molecule has 0 radical (unpaired) electrons. The van der Waals surface area contributed by atoms with Crippen molar-refractivity contribution in [2.45, 2.75) is 18.8 Å². The molecular weight excluding hydrogens is 254 g/mol. The zero-order valence-electron chi connectivity index (χ0n) is 10.1. The number of benzene rings is 1. The van der Waals surface area contributed by atoms with Crippen molar-refractivity contribution in [3.63, 3.8) is 0 Å². The van der Waals surface area contributed by atoms with Crippen molar-refractivity contribution in [3.8, 4) is 5.75 Å². The minimum atomic E-state index is -0.611. The van der Waals surface area contributed by atoms with Gasteiger partial charge in [-0.05, 0) is 11.6 Å². The number of hydrogen-bond acceptors (Lipinski definition) is 6. The van der Waals surface area contributed by atoms with Gasteiger partial charge in [-0.15, -0.1) is 0 Å². The minimum absolute atomic E-state index is 0.0369. The Morgan fingerprint density at radius 1 is 1.32 bits per heavy atom. The van der Waals surface area contributed by atoms with Crippen molar-refractivity contribution in [2.24, 2.45) is 0 Å². The monoisotopic (exact) mass is 265 g/mol. The molecule has 0 bridgehead atoms. The van der Waals surface area contributed by atoms with Gasteiger partial charge in [-0.3, -0.25) is 19.7 Å². The first-order valence-corrected chi connectivity index (χ1v) is 5.57. The Labute approximate surface area is 108 Å². The molecule has 7 heteroatoms. The maximum Gasteiger partial charge on any atom is 0.314 e. The van der Waals surface area contributed by atoms with Crippen LogP contribution in [0.4, 0.5) is 5.69 Å². The number of nitro benzene ring substituents is 1. The van der Waals surface area contributed by atoms with Gasteiger partial charge in [-0.1, -0.05) is 6.07 Å². The van der Waals surface area contributed by atoms with Gasteiger partial charge in [0.25, 0.3) is 0 Å². The second-order valence-corrected chi connectivity index (χ2v) is 4.14. The molecule has 1 aliphatic heterocycles. The molecule has 100 valence electrons. The number of rotatable bonds is 3. The van der Waals surface area contributed by atoms with Crippen LogP contribution in [-0.2, 0) is 14.3 Å². The number of carbonyl (C=O) groups excluding carboxylic acids is 2. The van der Waals surface area contributed by atoms with Gasteiger partial charge in [0, 0.05) is 12.0 Å². The van der Waals surface area contributed by atoms with E-state index in [2.05, 4.69) is 4.74 Å². The molecule has 0 N–H and O–H groups in total. The number of hydrogen-bond donors (Lipinski definition) is 0. The van der Waals surface area contributed by atoms with Crippen LogP contribution in [0.1, 0.15) is 24.3 Å². The highest BCUT2D eigenvalue weighted by atomic mass is 16.6. The van der Waals surface area contributed by atoms with Crippen LogP contribution in [0.3, 0.4) is 0 Å². The molecule has 7 nitrogen and oxygen atoms in total. The molecule has 0 aliphatic carbocycles. The summed E-state index contributed by atoms with van der Waals surface area (Å²) in [4.78, 5) is 32.7. The molecular formula is C12H11NO6. The molecule has 0 amide bonds. The molecule has 0 spiro atoms. The van der Waals surface area contributed by atoms with E-state index < -0.39 is 22.8 Å². The lowest BCUT2D eigenvalue weighted by Crippen LogP contribution is -2.24. The number of carbonyl (C=O) groups is 2. The van der Waals surface area contributed by atoms with E-state index in [1.807, 2.05) is 0 Å². The number of methoxy groups -OCH3 is 1. The summed E-state index contributed by atoms with van der Waals surface area (Å²) in [6, 6.07) is 4.40. The standard InChI is InChI=1S/C12H11NO6/c1-18-10-3-2-7(4-9(10)13(16)17)8-5-11(14)19-12(15)6-8/h2-4,8H,5-6H2,1H3. The van der Waals surface area contributed by atoms with Crippen LogP contribution < -0.4 is 4.74 Å². The van der Waals surface area contributed by atoms with Crippen LogP contribution in [0.2, 0.25) is 0 Å². The zero-order valence-corrected chi connectivity index (χ0v) is 10.1. The maximum absolute atomic E-state index is 11.2. The van der Waals surface area contributed by atoms with E-state index in [1.54, 1.807) is 6.07 Å². The average Bonchev–Trinajstić information content (AvgIpc) is 2.36. The van der Waals surface area contributed by atoms with Crippen LogP contribution in [0.15, 0.2) is 18.2 Å². The SMILES string of the molecule is COc1ccc(C2CC(=O)OC(=O)C2)cc1[N+](=O)[O-]. The summed E-state index contributed by atoms with van der Waals surface area (Å²) in [5.74, 6) is -1.48. The number of cyclic esters (lactones) is 2. The van der Waals surface area contributed by atoms with Gasteiger partial charge in [-0.25, -0.2) is 0 Å². The molecule has 1 aromatic rings. The van der Waals surface area contributed by atoms with Crippen molar-refractivity contribution in [1.29, 1.82) is 0 Å². The van der Waals surface area contributed by atoms with E-state index in [-0.39, 0.29) is 24.3 Å². The van der Waals surface area contributed by atoms with Gasteiger partial charge in [0.1, 0.15) is 0 Å². The third-order valence-electron chi connectivity index (χ3n) is 2.92. The van der Waals surface area contributed by atoms with Crippen LogP contribution in [0, 0.1) is 10.1 Å². The van der Waals surface area contributed by atoms with Crippen LogP contribution >= 0.6 is 0 Å². The van der Waals surface area contributed by atoms with Crippen LogP contribution in [-0.4, -0.2) is 24.0 Å². The number of ether oxygens (including phenoxy) is 2. The van der Waals surface area contributed by atoms with Crippen molar-refractivity contribution in [3.05, 3.63) is 33.9 Å². The Morgan fingerprint density at radius 3 is 2.47 bits per heavy atom. The van der Waals surface area contributed by atoms with E-state index >= 15 is 0 Å². The predicted molar refractivity (Wildman–Crippen MR) is 62.7 cm³/mol. The lowest BCUT2D eigenvalue weighted by atomic mass is 9.90. The van der Waals surface area contributed by atoms with Crippen molar-refractivity contribution >= 4 is 17.6 Å². The van der Waals surface area contributed by atoms with Crippen molar-refractivity contribution in [1.82, 2.24) is 0 Å². The third-order valence-corrected chi connectivity index (χ3v) is 2.92. The summed E-state index contributed by atoms with van der Waals surface area (Å²) in [6.45, 7) is 0. The van der Waals surface area contributed by atoms with Crippen molar-refractivity contribution < 1.29 is 24.0 Å². The molecule has 2 rings (SSSR count). The van der Waals surface area contributed by atoms with Gasteiger partial charge in [-0.2, -0.15) is 0 Å². The summed E-state index contributed by atoms with van der Waals surface area (Å²) in [5.41, 5.74) is 0.365. The van der Waals surface area contributed by atoms with E-state index in [0.29, 0.717) is 5.56 Å². The Morgan fingerprint density at radius 2 is 1.95 bits per heavy atom. The smallest absolute Gasteiger partial charge is 0.314 e. The van der Waals surface area contributed by atoms with Crippen LogP contribution in [0.5, 0.6) is 5.75 Å². The molecule has 1 heterocycles. The Balaban J connectivity index is 2.35. The fraction of sp³-hybridized carbons (Fsp3) is 0.333. The third kappa shape index (κ3) is 2.70. The first-order chi connectivity index (χ1) is 9.01. The highest BCUT2D eigenvalue weighted by molar-refractivity contribution is 5.89. The number of nitrogens with zero attached hydrogens (tertiary/aromatic N) is 1. The van der Waals surface area contributed by atoms with Gasteiger partial charge in [0.05, 0.1) is 24.9 Å². The van der Waals surface area contributed by atoms with Gasteiger partial charge >= 0.3 is 17.6 Å². The minimum Gasteiger partial charge on any atom is -0.490 e. The summed E-state index contributed by atoms with van der Waals surface area (Å²) in [6.07, 6.45) is 0.0739. The predicted octanol–water partition coefficient (Wildman–Crippen LogP) is 1.55. The highest BCUT2D eigenvalue weighted by Crippen LogP contribution is 2.34. The first kappa shape index (κ1) is 13.0. The number of nitro groups is 1. The van der Waals surface area contributed by atoms with E-state index in [0.717, 1.165) is 0 Å². The van der Waals surface area contributed by atoms with Gasteiger partial charge < -0.3 is 9.47 Å². The fourth-order valence-electron chi connectivity index (χ4n) is 2.02. The average molecular weight is 265 g/mol. The highest BCUT2D eigenvalue weighted by Gasteiger charge is 2.29. The molecule has 1 aromatic carbocycles. The summed E-state index contributed by atoms with van der Waals surface area (Å²) >= 11 is 0. The van der Waals surface area contributed by atoms with E-state index in [1.165, 1.54) is 19.2 Å². The Bertz CT molecular complexity index is 537. The Kier molecular flexibility index (Phi) is 3.46. The molecule has 1 fully saturated rings. The Hall–Kier alpha value is -2.44. The largest absolute Gasteiger partial charge is 0.490 e. The first-order valence-electron chi connectivity index (χ1n) is 5.57. The molecule has 0 aromatic heterocycles. The second kappa shape index (κ2) is 5.05. The normalized spacial score (nSPS) is 16.1. The lowest BCUT2D eigenvalue weighted by molar-refractivity contribution is -0.385. The van der Waals surface area contributed by atoms with Gasteiger partial charge in [0.2, 0.25) is 0 Å².